The van der Waals surface area contributed by atoms with Crippen molar-refractivity contribution in [3.8, 4) is 5.75 Å². The van der Waals surface area contributed by atoms with Crippen LogP contribution >= 0.6 is 0 Å². The van der Waals surface area contributed by atoms with Crippen molar-refractivity contribution in [1.29, 1.82) is 0 Å². The molecule has 1 aromatic heterocycles. The van der Waals surface area contributed by atoms with Crippen LogP contribution in [0.15, 0.2) is 107 Å². The number of nitrogens with zero attached hydrogens (tertiary/aromatic N) is 1. The van der Waals surface area contributed by atoms with Crippen molar-refractivity contribution < 1.29 is 23.7 Å². The van der Waals surface area contributed by atoms with Gasteiger partial charge in [-0.05, 0) is 28.8 Å². The van der Waals surface area contributed by atoms with Crippen molar-refractivity contribution in [2.45, 2.75) is 30.5 Å². The lowest BCUT2D eigenvalue weighted by Gasteiger charge is -2.37. The minimum atomic E-state index is -1.02. The Labute approximate surface area is 229 Å². The van der Waals surface area contributed by atoms with Crippen LogP contribution in [0.5, 0.6) is 5.75 Å². The van der Waals surface area contributed by atoms with E-state index in [1.807, 2.05) is 84.9 Å². The molecule has 2 saturated heterocycles. The molecule has 3 heterocycles. The van der Waals surface area contributed by atoms with Crippen LogP contribution < -0.4 is 16.0 Å². The van der Waals surface area contributed by atoms with Gasteiger partial charge in [-0.3, -0.25) is 19.1 Å². The third-order valence-electron chi connectivity index (χ3n) is 7.61. The van der Waals surface area contributed by atoms with Crippen molar-refractivity contribution in [2.24, 2.45) is 5.92 Å². The van der Waals surface area contributed by atoms with Crippen molar-refractivity contribution in [1.82, 2.24) is 9.55 Å². The maximum Gasteiger partial charge on any atom is 0.330 e. The summed E-state index contributed by atoms with van der Waals surface area (Å²) in [6.07, 6.45) is -0.648. The lowest BCUT2D eigenvalue weighted by atomic mass is 9.80. The molecule has 2 aliphatic rings. The Kier molecular flexibility index (Phi) is 6.83. The molecular formula is C31H28N2O7. The van der Waals surface area contributed by atoms with Crippen molar-refractivity contribution in [3.05, 3.63) is 135 Å². The van der Waals surface area contributed by atoms with Gasteiger partial charge in [-0.1, -0.05) is 72.8 Å². The molecule has 0 unspecified atom stereocenters. The van der Waals surface area contributed by atoms with E-state index in [1.165, 1.54) is 16.8 Å². The van der Waals surface area contributed by atoms with Gasteiger partial charge in [-0.15, -0.1) is 0 Å². The van der Waals surface area contributed by atoms with E-state index in [0.29, 0.717) is 0 Å². The molecule has 1 N–H and O–H groups in total. The highest BCUT2D eigenvalue weighted by atomic mass is 16.6. The average Bonchev–Trinajstić information content (AvgIpc) is 3.52. The van der Waals surface area contributed by atoms with Crippen LogP contribution in [0.2, 0.25) is 0 Å². The number of hydrogen-bond donors (Lipinski definition) is 1. The van der Waals surface area contributed by atoms with Gasteiger partial charge in [-0.2, -0.15) is 0 Å². The van der Waals surface area contributed by atoms with Crippen LogP contribution in [0.3, 0.4) is 0 Å². The number of rotatable bonds is 8. The summed E-state index contributed by atoms with van der Waals surface area (Å²) in [5.41, 5.74) is 0.522. The summed E-state index contributed by atoms with van der Waals surface area (Å²) < 4.78 is 25.5. The number of carbonyl (C=O) groups is 1. The largest absolute Gasteiger partial charge is 0.497 e. The van der Waals surface area contributed by atoms with Crippen molar-refractivity contribution >= 4 is 5.97 Å². The monoisotopic (exact) mass is 540 g/mol. The molecule has 4 aromatic rings. The average molecular weight is 541 g/mol. The van der Waals surface area contributed by atoms with E-state index in [9.17, 15) is 14.4 Å². The second-order valence-electron chi connectivity index (χ2n) is 9.86. The molecular weight excluding hydrogens is 512 g/mol. The fourth-order valence-electron chi connectivity index (χ4n) is 5.71. The van der Waals surface area contributed by atoms with Gasteiger partial charge in [0.2, 0.25) is 0 Å². The zero-order valence-corrected chi connectivity index (χ0v) is 21.8. The summed E-state index contributed by atoms with van der Waals surface area (Å²) in [5.74, 6) is 0.0197. The predicted molar refractivity (Wildman–Crippen MR) is 145 cm³/mol. The van der Waals surface area contributed by atoms with E-state index >= 15 is 0 Å². The molecule has 3 aromatic carbocycles. The van der Waals surface area contributed by atoms with Gasteiger partial charge in [0.25, 0.3) is 5.56 Å². The van der Waals surface area contributed by atoms with Gasteiger partial charge >= 0.3 is 11.7 Å². The SMILES string of the molecule is COc1ccc(C(OC[C@H]2O[C@@H](n3ccc(=O)[nH]c3=O)[C@@H]3OC(=O)C[C@@H]32)(c2ccccc2)c2ccccc2)cc1. The number of H-pyrrole nitrogens is 1. The van der Waals surface area contributed by atoms with E-state index in [0.717, 1.165) is 22.4 Å². The molecule has 40 heavy (non-hydrogen) atoms. The third kappa shape index (κ3) is 4.53. The third-order valence-corrected chi connectivity index (χ3v) is 7.61. The maximum absolute atomic E-state index is 12.6. The molecule has 0 aliphatic carbocycles. The highest BCUT2D eigenvalue weighted by Gasteiger charge is 2.54. The minimum absolute atomic E-state index is 0.0994. The number of benzene rings is 3. The number of esters is 1. The summed E-state index contributed by atoms with van der Waals surface area (Å²) in [6.45, 7) is 0.0994. The summed E-state index contributed by atoms with van der Waals surface area (Å²) in [5, 5.41) is 0. The topological polar surface area (TPSA) is 109 Å². The van der Waals surface area contributed by atoms with Crippen LogP contribution in [-0.2, 0) is 24.6 Å². The zero-order valence-electron chi connectivity index (χ0n) is 21.8. The number of hydrogen-bond acceptors (Lipinski definition) is 7. The number of fused-ring (bicyclic) bond motifs is 1. The Morgan fingerprint density at radius 2 is 1.50 bits per heavy atom. The quantitative estimate of drug-likeness (QED) is 0.270. The van der Waals surface area contributed by atoms with E-state index < -0.39 is 35.3 Å². The molecule has 4 atom stereocenters. The van der Waals surface area contributed by atoms with Crippen LogP contribution in [0.25, 0.3) is 0 Å². The minimum Gasteiger partial charge on any atom is -0.497 e. The van der Waals surface area contributed by atoms with Gasteiger partial charge in [0.1, 0.15) is 11.4 Å². The molecule has 0 amide bonds. The number of nitrogens with one attached hydrogen (secondary N) is 1. The number of aromatic amines is 1. The molecule has 2 aliphatic heterocycles. The highest BCUT2D eigenvalue weighted by Crippen LogP contribution is 2.45. The molecule has 9 heteroatoms. The van der Waals surface area contributed by atoms with Crippen molar-refractivity contribution in [2.75, 3.05) is 13.7 Å². The first-order chi connectivity index (χ1) is 19.5. The Bertz CT molecular complexity index is 1560. The van der Waals surface area contributed by atoms with E-state index in [-0.39, 0.29) is 24.9 Å². The molecule has 0 saturated carbocycles. The maximum atomic E-state index is 12.6. The lowest BCUT2D eigenvalue weighted by Crippen LogP contribution is -2.37. The van der Waals surface area contributed by atoms with Crippen LogP contribution in [-0.4, -0.2) is 41.4 Å². The lowest BCUT2D eigenvalue weighted by molar-refractivity contribution is -0.151. The Morgan fingerprint density at radius 1 is 0.875 bits per heavy atom. The second kappa shape index (κ2) is 10.6. The van der Waals surface area contributed by atoms with Gasteiger partial charge < -0.3 is 18.9 Å². The number of ether oxygens (including phenoxy) is 4. The van der Waals surface area contributed by atoms with Crippen LogP contribution in [0.1, 0.15) is 29.3 Å². The van der Waals surface area contributed by atoms with Crippen molar-refractivity contribution in [3.63, 3.8) is 0 Å². The van der Waals surface area contributed by atoms with Gasteiger partial charge in [0.15, 0.2) is 12.3 Å². The smallest absolute Gasteiger partial charge is 0.330 e. The Morgan fingerprint density at radius 3 is 2.10 bits per heavy atom. The number of aromatic nitrogens is 2. The molecule has 6 rings (SSSR count). The van der Waals surface area contributed by atoms with Gasteiger partial charge in [-0.25, -0.2) is 4.79 Å². The molecule has 0 radical (unpaired) electrons. The van der Waals surface area contributed by atoms with Gasteiger partial charge in [0.05, 0.1) is 26.2 Å². The fourth-order valence-corrected chi connectivity index (χ4v) is 5.71. The van der Waals surface area contributed by atoms with E-state index in [1.54, 1.807) is 7.11 Å². The van der Waals surface area contributed by atoms with E-state index in [4.69, 9.17) is 18.9 Å². The first kappa shape index (κ1) is 25.8. The first-order valence-corrected chi connectivity index (χ1v) is 13.1. The van der Waals surface area contributed by atoms with Crippen LogP contribution in [0, 0.1) is 5.92 Å². The standard InChI is InChI=1S/C31H28N2O7/c1-37-23-14-12-22(13-15-23)31(20-8-4-2-5-9-20,21-10-6-3-7-11-21)38-19-25-24-18-27(35)40-28(24)29(39-25)33-17-16-26(34)32-30(33)36/h2-17,24-25,28-29H,18-19H2,1H3,(H,32,34,36)/t24-,25-,28-,29-/m1/s1. The van der Waals surface area contributed by atoms with E-state index in [2.05, 4.69) is 4.98 Å². The normalized spacial score (nSPS) is 22.1. The first-order valence-electron chi connectivity index (χ1n) is 13.1. The summed E-state index contributed by atoms with van der Waals surface area (Å²) in [4.78, 5) is 38.8. The van der Waals surface area contributed by atoms with Gasteiger partial charge in [0, 0.05) is 18.2 Å². The molecule has 0 bridgehead atoms. The fraction of sp³-hybridized carbons (Fsp3) is 0.258. The summed E-state index contributed by atoms with van der Waals surface area (Å²) in [6, 6.07) is 28.8. The highest BCUT2D eigenvalue weighted by molar-refractivity contribution is 5.72. The Hall–Kier alpha value is -4.47. The molecule has 0 spiro atoms. The molecule has 2 fully saturated rings. The Balaban J connectivity index is 1.41. The molecule has 204 valence electrons. The summed E-state index contributed by atoms with van der Waals surface area (Å²) >= 11 is 0. The zero-order chi connectivity index (χ0) is 27.7. The van der Waals surface area contributed by atoms with Crippen LogP contribution in [0.4, 0.5) is 0 Å². The second-order valence-corrected chi connectivity index (χ2v) is 9.86. The number of methoxy groups -OCH3 is 1. The predicted octanol–water partition coefficient (Wildman–Crippen LogP) is 3.38. The summed E-state index contributed by atoms with van der Waals surface area (Å²) in [7, 11) is 1.62. The molecule has 9 nitrogen and oxygen atoms in total. The number of carbonyl (C=O) groups excluding carboxylic acids is 1.